The average Bonchev–Trinajstić information content (AvgIpc) is 2.27. The number of fused-ring (bicyclic) bond motifs is 1. The number of halogens is 1. The summed E-state index contributed by atoms with van der Waals surface area (Å²) >= 11 is 5.92. The minimum atomic E-state index is -0.286. The average molecular weight is 226 g/mol. The molecule has 0 fully saturated rings. The maximum atomic E-state index is 11.3. The number of ether oxygens (including phenoxy) is 1. The molecule has 0 aromatic heterocycles. The van der Waals surface area contributed by atoms with E-state index < -0.39 is 0 Å². The van der Waals surface area contributed by atoms with Crippen LogP contribution in [0.15, 0.2) is 18.2 Å². The van der Waals surface area contributed by atoms with Crippen LogP contribution in [0.25, 0.3) is 0 Å². The Kier molecular flexibility index (Phi) is 2.93. The van der Waals surface area contributed by atoms with Gasteiger partial charge in [-0.15, -0.1) is 0 Å². The van der Waals surface area contributed by atoms with Crippen LogP contribution < -0.4 is 0 Å². The molecule has 80 valence electrons. The highest BCUT2D eigenvalue weighted by Crippen LogP contribution is 2.21. The smallest absolute Gasteiger partial charge is 0.337 e. The van der Waals surface area contributed by atoms with Crippen LogP contribution in [0.5, 0.6) is 0 Å². The summed E-state index contributed by atoms with van der Waals surface area (Å²) in [6.07, 6.45) is 0.879. The topological polar surface area (TPSA) is 29.5 Å². The molecule has 0 aliphatic carbocycles. The van der Waals surface area contributed by atoms with Gasteiger partial charge in [-0.05, 0) is 41.5 Å². The summed E-state index contributed by atoms with van der Waals surface area (Å²) in [6, 6.07) is 5.61. The molecule has 15 heavy (non-hydrogen) atoms. The lowest BCUT2D eigenvalue weighted by atomic mass is 9.98. The fourth-order valence-electron chi connectivity index (χ4n) is 1.76. The summed E-state index contributed by atoms with van der Waals surface area (Å²) in [7, 11) is 1.39. The Labute approximate surface area is 93.7 Å². The molecular formula is C11H12ClNO2. The lowest BCUT2D eigenvalue weighted by Gasteiger charge is -2.22. The third-order valence-corrected chi connectivity index (χ3v) is 2.88. The molecule has 1 aliphatic heterocycles. The first-order valence-electron chi connectivity index (χ1n) is 4.81. The van der Waals surface area contributed by atoms with E-state index in [1.54, 1.807) is 10.5 Å². The van der Waals surface area contributed by atoms with Crippen molar-refractivity contribution in [2.24, 2.45) is 0 Å². The number of hydrogen-bond acceptors (Lipinski definition) is 3. The molecule has 0 amide bonds. The fourth-order valence-corrected chi connectivity index (χ4v) is 1.98. The number of carbonyl (C=O) groups excluding carboxylic acids is 1. The standard InChI is InChI=1S/C11H12ClNO2/c1-15-11(14)9-2-3-10-7-13(12)5-4-8(10)6-9/h2-3,6H,4-5,7H2,1H3. The normalized spacial score (nSPS) is 15.9. The summed E-state index contributed by atoms with van der Waals surface area (Å²) in [4.78, 5) is 11.3. The Morgan fingerprint density at radius 3 is 3.00 bits per heavy atom. The van der Waals surface area contributed by atoms with Crippen LogP contribution in [0.3, 0.4) is 0 Å². The Bertz CT molecular complexity index is 392. The number of rotatable bonds is 1. The van der Waals surface area contributed by atoms with Gasteiger partial charge in [0.25, 0.3) is 0 Å². The minimum absolute atomic E-state index is 0.286. The van der Waals surface area contributed by atoms with Gasteiger partial charge < -0.3 is 4.74 Å². The lowest BCUT2D eigenvalue weighted by Crippen LogP contribution is -2.22. The van der Waals surface area contributed by atoms with Gasteiger partial charge >= 0.3 is 5.97 Å². The van der Waals surface area contributed by atoms with Crippen LogP contribution in [0.2, 0.25) is 0 Å². The van der Waals surface area contributed by atoms with Crippen LogP contribution in [0.1, 0.15) is 21.5 Å². The van der Waals surface area contributed by atoms with E-state index in [9.17, 15) is 4.79 Å². The molecule has 1 aliphatic rings. The molecule has 0 saturated carbocycles. The van der Waals surface area contributed by atoms with Crippen molar-refractivity contribution in [2.45, 2.75) is 13.0 Å². The van der Waals surface area contributed by atoms with Crippen LogP contribution in [0.4, 0.5) is 0 Å². The second-order valence-electron chi connectivity index (χ2n) is 3.57. The van der Waals surface area contributed by atoms with Crippen molar-refractivity contribution in [3.8, 4) is 0 Å². The number of nitrogens with zero attached hydrogens (tertiary/aromatic N) is 1. The summed E-state index contributed by atoms with van der Waals surface area (Å²) in [5, 5.41) is 0. The molecule has 0 N–H and O–H groups in total. The van der Waals surface area contributed by atoms with Gasteiger partial charge in [0.1, 0.15) is 0 Å². The van der Waals surface area contributed by atoms with E-state index in [-0.39, 0.29) is 5.97 Å². The number of benzene rings is 1. The summed E-state index contributed by atoms with van der Waals surface area (Å²) in [5.41, 5.74) is 2.98. The molecule has 4 heteroatoms. The molecule has 1 aromatic rings. The highest BCUT2D eigenvalue weighted by molar-refractivity contribution is 6.13. The highest BCUT2D eigenvalue weighted by Gasteiger charge is 2.16. The van der Waals surface area contributed by atoms with Crippen molar-refractivity contribution in [2.75, 3.05) is 13.7 Å². The number of hydrogen-bond donors (Lipinski definition) is 0. The maximum Gasteiger partial charge on any atom is 0.337 e. The van der Waals surface area contributed by atoms with Crippen LogP contribution >= 0.6 is 11.8 Å². The monoisotopic (exact) mass is 225 g/mol. The first-order chi connectivity index (χ1) is 7.20. The number of methoxy groups -OCH3 is 1. The van der Waals surface area contributed by atoms with Crippen LogP contribution in [-0.4, -0.2) is 24.0 Å². The highest BCUT2D eigenvalue weighted by atomic mass is 35.5. The molecule has 0 atom stereocenters. The van der Waals surface area contributed by atoms with Crippen molar-refractivity contribution in [1.29, 1.82) is 0 Å². The quantitative estimate of drug-likeness (QED) is 0.541. The Morgan fingerprint density at radius 2 is 2.27 bits per heavy atom. The summed E-state index contributed by atoms with van der Waals surface area (Å²) in [5.74, 6) is -0.286. The van der Waals surface area contributed by atoms with Gasteiger partial charge in [0.05, 0.1) is 12.7 Å². The third kappa shape index (κ3) is 2.13. The SMILES string of the molecule is COC(=O)c1ccc2c(c1)CCN(Cl)C2. The number of esters is 1. The Balaban J connectivity index is 2.30. The zero-order chi connectivity index (χ0) is 10.8. The molecular weight excluding hydrogens is 214 g/mol. The Morgan fingerprint density at radius 1 is 1.47 bits per heavy atom. The van der Waals surface area contributed by atoms with Crippen LogP contribution in [-0.2, 0) is 17.7 Å². The second-order valence-corrected chi connectivity index (χ2v) is 4.05. The van der Waals surface area contributed by atoms with Gasteiger partial charge in [-0.2, -0.15) is 0 Å². The van der Waals surface area contributed by atoms with Gasteiger partial charge in [0.2, 0.25) is 0 Å². The third-order valence-electron chi connectivity index (χ3n) is 2.59. The van der Waals surface area contributed by atoms with Gasteiger partial charge in [0, 0.05) is 13.1 Å². The second kappa shape index (κ2) is 4.21. The van der Waals surface area contributed by atoms with E-state index in [1.807, 2.05) is 12.1 Å². The van der Waals surface area contributed by atoms with Crippen LogP contribution in [0, 0.1) is 0 Å². The molecule has 2 rings (SSSR count). The minimum Gasteiger partial charge on any atom is -0.465 e. The fraction of sp³-hybridized carbons (Fsp3) is 0.364. The predicted molar refractivity (Wildman–Crippen MR) is 57.7 cm³/mol. The van der Waals surface area contributed by atoms with Gasteiger partial charge in [-0.1, -0.05) is 6.07 Å². The predicted octanol–water partition coefficient (Wildman–Crippen LogP) is 1.99. The van der Waals surface area contributed by atoms with Crippen molar-refractivity contribution in [1.82, 2.24) is 4.42 Å². The molecule has 0 saturated heterocycles. The van der Waals surface area contributed by atoms with E-state index in [2.05, 4.69) is 4.74 Å². The number of carbonyl (C=O) groups is 1. The van der Waals surface area contributed by atoms with E-state index in [4.69, 9.17) is 11.8 Å². The largest absolute Gasteiger partial charge is 0.465 e. The van der Waals surface area contributed by atoms with E-state index in [0.29, 0.717) is 5.56 Å². The van der Waals surface area contributed by atoms with E-state index >= 15 is 0 Å². The molecule has 0 spiro atoms. The molecule has 0 unspecified atom stereocenters. The molecule has 3 nitrogen and oxygen atoms in total. The molecule has 0 radical (unpaired) electrons. The maximum absolute atomic E-state index is 11.3. The van der Waals surface area contributed by atoms with E-state index in [0.717, 1.165) is 19.5 Å². The van der Waals surface area contributed by atoms with E-state index in [1.165, 1.54) is 18.2 Å². The van der Waals surface area contributed by atoms with Gasteiger partial charge in [-0.3, -0.25) is 0 Å². The van der Waals surface area contributed by atoms with Crippen molar-refractivity contribution in [3.05, 3.63) is 34.9 Å². The molecule has 0 bridgehead atoms. The summed E-state index contributed by atoms with van der Waals surface area (Å²) in [6.45, 7) is 1.55. The molecule has 1 heterocycles. The molecule has 1 aromatic carbocycles. The van der Waals surface area contributed by atoms with Crippen molar-refractivity contribution >= 4 is 17.7 Å². The van der Waals surface area contributed by atoms with Gasteiger partial charge in [-0.25, -0.2) is 9.21 Å². The van der Waals surface area contributed by atoms with Gasteiger partial charge in [0.15, 0.2) is 0 Å². The van der Waals surface area contributed by atoms with Crippen molar-refractivity contribution in [3.63, 3.8) is 0 Å². The zero-order valence-corrected chi connectivity index (χ0v) is 9.25. The Hall–Kier alpha value is -1.06. The first kappa shape index (κ1) is 10.5. The first-order valence-corrected chi connectivity index (χ1v) is 5.15. The lowest BCUT2D eigenvalue weighted by molar-refractivity contribution is 0.0600. The summed E-state index contributed by atoms with van der Waals surface area (Å²) < 4.78 is 6.42. The van der Waals surface area contributed by atoms with Crippen molar-refractivity contribution < 1.29 is 9.53 Å². The zero-order valence-electron chi connectivity index (χ0n) is 8.50.